The van der Waals surface area contributed by atoms with Gasteiger partial charge in [-0.1, -0.05) is 18.5 Å². The van der Waals surface area contributed by atoms with Crippen molar-refractivity contribution in [1.29, 1.82) is 0 Å². The van der Waals surface area contributed by atoms with Crippen LogP contribution >= 0.6 is 0 Å². The molecule has 2 N–H and O–H groups in total. The van der Waals surface area contributed by atoms with Gasteiger partial charge in [-0.05, 0) is 6.42 Å². The van der Waals surface area contributed by atoms with Gasteiger partial charge >= 0.3 is 0 Å². The van der Waals surface area contributed by atoms with Crippen molar-refractivity contribution in [3.63, 3.8) is 0 Å². The van der Waals surface area contributed by atoms with Gasteiger partial charge in [0.25, 0.3) is 0 Å². The highest BCUT2D eigenvalue weighted by atomic mass is 16.5. The molecule has 0 aliphatic carbocycles. The van der Waals surface area contributed by atoms with Crippen molar-refractivity contribution in [2.75, 3.05) is 0 Å². The Morgan fingerprint density at radius 3 is 3.10 bits per heavy atom. The number of nitrogens with zero attached hydrogens (tertiary/aromatic N) is 1. The largest absolute Gasteiger partial charge is 0.364 e. The van der Waals surface area contributed by atoms with Crippen LogP contribution in [0.1, 0.15) is 24.6 Å². The van der Waals surface area contributed by atoms with Crippen molar-refractivity contribution in [3.8, 4) is 0 Å². The predicted octanol–water partition coefficient (Wildman–Crippen LogP) is 1.09. The topological polar surface area (TPSA) is 52.0 Å². The van der Waals surface area contributed by atoms with Gasteiger partial charge in [-0.15, -0.1) is 0 Å². The van der Waals surface area contributed by atoms with Crippen molar-refractivity contribution < 1.29 is 4.52 Å². The summed E-state index contributed by atoms with van der Waals surface area (Å²) in [6.07, 6.45) is 3.79. The highest BCUT2D eigenvalue weighted by Gasteiger charge is 2.02. The summed E-state index contributed by atoms with van der Waals surface area (Å²) in [6.45, 7) is 2.60. The Morgan fingerprint density at radius 2 is 2.50 bits per heavy atom. The van der Waals surface area contributed by atoms with Gasteiger partial charge in [0, 0.05) is 12.1 Å². The van der Waals surface area contributed by atoms with Crippen molar-refractivity contribution in [2.45, 2.75) is 26.3 Å². The molecule has 1 aromatic rings. The van der Waals surface area contributed by atoms with Crippen LogP contribution in [0, 0.1) is 0 Å². The van der Waals surface area contributed by atoms with Gasteiger partial charge < -0.3 is 10.3 Å². The van der Waals surface area contributed by atoms with E-state index in [1.807, 2.05) is 0 Å². The van der Waals surface area contributed by atoms with Crippen LogP contribution in [0.5, 0.6) is 0 Å². The lowest BCUT2D eigenvalue weighted by Gasteiger charge is -1.92. The highest BCUT2D eigenvalue weighted by molar-refractivity contribution is 5.13. The van der Waals surface area contributed by atoms with E-state index in [4.69, 9.17) is 10.3 Å². The van der Waals surface area contributed by atoms with Crippen LogP contribution in [0.2, 0.25) is 0 Å². The van der Waals surface area contributed by atoms with E-state index in [1.54, 1.807) is 6.26 Å². The SMILES string of the molecule is CCCc1conc1CN. The molecule has 0 atom stereocenters. The van der Waals surface area contributed by atoms with Crippen molar-refractivity contribution in [2.24, 2.45) is 5.73 Å². The molecule has 0 saturated heterocycles. The molecule has 0 saturated carbocycles. The summed E-state index contributed by atoms with van der Waals surface area (Å²) in [5.74, 6) is 0. The Bertz CT molecular complexity index is 195. The number of hydrogen-bond acceptors (Lipinski definition) is 3. The maximum absolute atomic E-state index is 5.40. The molecule has 1 heterocycles. The Kier molecular flexibility index (Phi) is 2.45. The van der Waals surface area contributed by atoms with E-state index in [0.29, 0.717) is 6.54 Å². The number of nitrogens with two attached hydrogens (primary N) is 1. The van der Waals surface area contributed by atoms with Crippen molar-refractivity contribution in [1.82, 2.24) is 5.16 Å². The lowest BCUT2D eigenvalue weighted by atomic mass is 10.1. The fourth-order valence-electron chi connectivity index (χ4n) is 0.921. The van der Waals surface area contributed by atoms with E-state index in [-0.39, 0.29) is 0 Å². The lowest BCUT2D eigenvalue weighted by Crippen LogP contribution is -1.99. The second-order valence-electron chi connectivity index (χ2n) is 2.24. The Morgan fingerprint density at radius 1 is 1.70 bits per heavy atom. The first-order valence-electron chi connectivity index (χ1n) is 3.50. The van der Waals surface area contributed by atoms with Crippen molar-refractivity contribution in [3.05, 3.63) is 17.5 Å². The van der Waals surface area contributed by atoms with E-state index in [9.17, 15) is 0 Å². The summed E-state index contributed by atoms with van der Waals surface area (Å²) in [5, 5.41) is 3.75. The summed E-state index contributed by atoms with van der Waals surface area (Å²) in [6, 6.07) is 0. The van der Waals surface area contributed by atoms with Gasteiger partial charge in [-0.3, -0.25) is 0 Å². The molecule has 0 bridgehead atoms. The van der Waals surface area contributed by atoms with E-state index in [1.165, 1.54) is 0 Å². The van der Waals surface area contributed by atoms with Crippen LogP contribution in [-0.4, -0.2) is 5.16 Å². The molecule has 0 amide bonds. The summed E-state index contributed by atoms with van der Waals surface area (Å²) in [4.78, 5) is 0. The van der Waals surface area contributed by atoms with Crippen LogP contribution in [0.3, 0.4) is 0 Å². The third-order valence-electron chi connectivity index (χ3n) is 1.44. The Balaban J connectivity index is 2.70. The minimum Gasteiger partial charge on any atom is -0.364 e. The molecular formula is C7H12N2O. The molecule has 0 fully saturated rings. The Hall–Kier alpha value is -0.830. The summed E-state index contributed by atoms with van der Waals surface area (Å²) in [5.41, 5.74) is 7.44. The molecule has 10 heavy (non-hydrogen) atoms. The second-order valence-corrected chi connectivity index (χ2v) is 2.24. The van der Waals surface area contributed by atoms with Crippen LogP contribution in [0.25, 0.3) is 0 Å². The van der Waals surface area contributed by atoms with Gasteiger partial charge in [0.05, 0.1) is 0 Å². The molecule has 0 radical (unpaired) electrons. The molecule has 1 aromatic heterocycles. The molecular weight excluding hydrogens is 128 g/mol. The molecule has 0 aromatic carbocycles. The highest BCUT2D eigenvalue weighted by Crippen LogP contribution is 2.07. The minimum atomic E-state index is 0.478. The smallest absolute Gasteiger partial charge is 0.127 e. The Labute approximate surface area is 60.2 Å². The summed E-state index contributed by atoms with van der Waals surface area (Å²) < 4.78 is 4.76. The van der Waals surface area contributed by atoms with Gasteiger partial charge in [0.2, 0.25) is 0 Å². The van der Waals surface area contributed by atoms with Crippen molar-refractivity contribution >= 4 is 0 Å². The third kappa shape index (κ3) is 1.36. The minimum absolute atomic E-state index is 0.478. The second kappa shape index (κ2) is 3.37. The number of rotatable bonds is 3. The molecule has 3 heteroatoms. The monoisotopic (exact) mass is 140 g/mol. The summed E-state index contributed by atoms with van der Waals surface area (Å²) >= 11 is 0. The number of aromatic nitrogens is 1. The fraction of sp³-hybridized carbons (Fsp3) is 0.571. The summed E-state index contributed by atoms with van der Waals surface area (Å²) in [7, 11) is 0. The zero-order valence-corrected chi connectivity index (χ0v) is 6.13. The van der Waals surface area contributed by atoms with Gasteiger partial charge in [0.1, 0.15) is 12.0 Å². The van der Waals surface area contributed by atoms with E-state index in [0.717, 1.165) is 24.1 Å². The average molecular weight is 140 g/mol. The molecule has 3 nitrogen and oxygen atoms in total. The first kappa shape index (κ1) is 7.28. The fourth-order valence-corrected chi connectivity index (χ4v) is 0.921. The quantitative estimate of drug-likeness (QED) is 0.683. The number of aryl methyl sites for hydroxylation is 1. The van der Waals surface area contributed by atoms with Crippen LogP contribution in [0.4, 0.5) is 0 Å². The third-order valence-corrected chi connectivity index (χ3v) is 1.44. The van der Waals surface area contributed by atoms with Crippen LogP contribution in [-0.2, 0) is 13.0 Å². The van der Waals surface area contributed by atoms with Gasteiger partial charge in [-0.2, -0.15) is 0 Å². The standard InChI is InChI=1S/C7H12N2O/c1-2-3-6-5-10-9-7(6)4-8/h5H,2-4,8H2,1H3. The van der Waals surface area contributed by atoms with E-state index >= 15 is 0 Å². The maximum atomic E-state index is 5.40. The predicted molar refractivity (Wildman–Crippen MR) is 38.4 cm³/mol. The molecule has 0 unspecified atom stereocenters. The van der Waals surface area contributed by atoms with Gasteiger partial charge in [-0.25, -0.2) is 0 Å². The zero-order valence-electron chi connectivity index (χ0n) is 6.13. The van der Waals surface area contributed by atoms with Gasteiger partial charge in [0.15, 0.2) is 0 Å². The first-order valence-corrected chi connectivity index (χ1v) is 3.50. The first-order chi connectivity index (χ1) is 4.88. The molecule has 56 valence electrons. The lowest BCUT2D eigenvalue weighted by molar-refractivity contribution is 0.411. The van der Waals surface area contributed by atoms with E-state index in [2.05, 4.69) is 12.1 Å². The average Bonchev–Trinajstić information content (AvgIpc) is 2.36. The molecule has 0 spiro atoms. The normalized spacial score (nSPS) is 10.2. The zero-order chi connectivity index (χ0) is 7.40. The van der Waals surface area contributed by atoms with E-state index < -0.39 is 0 Å². The maximum Gasteiger partial charge on any atom is 0.127 e. The molecule has 0 aliphatic rings. The van der Waals surface area contributed by atoms with Crippen LogP contribution in [0.15, 0.2) is 10.8 Å². The molecule has 0 aliphatic heterocycles. The number of hydrogen-bond donors (Lipinski definition) is 1. The van der Waals surface area contributed by atoms with Crippen LogP contribution < -0.4 is 5.73 Å². The molecule has 1 rings (SSSR count).